The van der Waals surface area contributed by atoms with E-state index >= 15 is 0 Å². The van der Waals surface area contributed by atoms with Crippen LogP contribution in [0.3, 0.4) is 0 Å². The second kappa shape index (κ2) is 5.80. The number of hydrogen-bond acceptors (Lipinski definition) is 4. The van der Waals surface area contributed by atoms with Gasteiger partial charge in [0.2, 0.25) is 5.95 Å². The number of anilines is 2. The third kappa shape index (κ3) is 3.54. The number of nitrogens with zero attached hydrogens (tertiary/aromatic N) is 3. The first-order valence-electron chi connectivity index (χ1n) is 5.88. The van der Waals surface area contributed by atoms with Crippen molar-refractivity contribution in [3.05, 3.63) is 12.0 Å². The van der Waals surface area contributed by atoms with E-state index in [0.29, 0.717) is 17.7 Å². The number of rotatable bonds is 5. The lowest BCUT2D eigenvalue weighted by Crippen LogP contribution is -2.31. The van der Waals surface area contributed by atoms with Crippen LogP contribution in [0.25, 0.3) is 0 Å². The molecular weight excluding hydrogens is 219 g/mol. The molecule has 0 saturated carbocycles. The summed E-state index contributed by atoms with van der Waals surface area (Å²) in [6.45, 7) is 6.38. The summed E-state index contributed by atoms with van der Waals surface area (Å²) < 4.78 is 13.7. The van der Waals surface area contributed by atoms with Crippen LogP contribution in [0.5, 0.6) is 0 Å². The van der Waals surface area contributed by atoms with Crippen molar-refractivity contribution in [2.24, 2.45) is 5.92 Å². The van der Waals surface area contributed by atoms with E-state index < -0.39 is 0 Å². The van der Waals surface area contributed by atoms with Crippen LogP contribution in [-0.2, 0) is 0 Å². The maximum absolute atomic E-state index is 13.7. The molecule has 0 aliphatic carbocycles. The quantitative estimate of drug-likeness (QED) is 0.858. The Kier molecular flexibility index (Phi) is 4.66. The second-order valence-corrected chi connectivity index (χ2v) is 4.70. The molecule has 96 valence electrons. The highest BCUT2D eigenvalue weighted by atomic mass is 19.1. The zero-order valence-electron chi connectivity index (χ0n) is 11.2. The molecule has 1 aromatic heterocycles. The Hall–Kier alpha value is -1.39. The van der Waals surface area contributed by atoms with Crippen molar-refractivity contribution < 1.29 is 4.39 Å². The highest BCUT2D eigenvalue weighted by Gasteiger charge is 2.17. The van der Waals surface area contributed by atoms with E-state index in [4.69, 9.17) is 0 Å². The van der Waals surface area contributed by atoms with Crippen LogP contribution in [0.1, 0.15) is 27.2 Å². The first-order chi connectivity index (χ1) is 7.95. The molecule has 17 heavy (non-hydrogen) atoms. The predicted octanol–water partition coefficient (Wildman–Crippen LogP) is 2.53. The lowest BCUT2D eigenvalue weighted by Gasteiger charge is -2.27. The van der Waals surface area contributed by atoms with E-state index in [9.17, 15) is 4.39 Å². The molecule has 0 radical (unpaired) electrons. The topological polar surface area (TPSA) is 41.1 Å². The summed E-state index contributed by atoms with van der Waals surface area (Å²) in [7, 11) is 3.58. The second-order valence-electron chi connectivity index (χ2n) is 4.70. The summed E-state index contributed by atoms with van der Waals surface area (Å²) in [6, 6.07) is 0.240. The smallest absolute Gasteiger partial charge is 0.224 e. The minimum absolute atomic E-state index is 0.240. The van der Waals surface area contributed by atoms with Crippen molar-refractivity contribution in [3.8, 4) is 0 Å². The van der Waals surface area contributed by atoms with Crippen molar-refractivity contribution in [1.82, 2.24) is 9.97 Å². The maximum atomic E-state index is 13.7. The molecule has 4 nitrogen and oxygen atoms in total. The van der Waals surface area contributed by atoms with Crippen LogP contribution < -0.4 is 10.2 Å². The lowest BCUT2D eigenvalue weighted by atomic mass is 10.0. The van der Waals surface area contributed by atoms with Gasteiger partial charge in [0.1, 0.15) is 0 Å². The van der Waals surface area contributed by atoms with Gasteiger partial charge in [-0.25, -0.2) is 9.37 Å². The Labute approximate surface area is 102 Å². The molecule has 1 atom stereocenters. The standard InChI is InChI=1S/C12H21FN4/c1-8(2)6-9(3)17(5)11-10(13)7-15-12(14-4)16-11/h7-9H,6H2,1-5H3,(H,14,15,16). The van der Waals surface area contributed by atoms with Crippen LogP contribution >= 0.6 is 0 Å². The van der Waals surface area contributed by atoms with Gasteiger partial charge in [-0.1, -0.05) is 13.8 Å². The van der Waals surface area contributed by atoms with Gasteiger partial charge in [-0.05, 0) is 19.3 Å². The largest absolute Gasteiger partial charge is 0.357 e. The zero-order chi connectivity index (χ0) is 13.0. The fourth-order valence-corrected chi connectivity index (χ4v) is 1.78. The molecule has 1 unspecified atom stereocenters. The first-order valence-corrected chi connectivity index (χ1v) is 5.88. The Morgan fingerprint density at radius 3 is 2.59 bits per heavy atom. The van der Waals surface area contributed by atoms with E-state index in [1.165, 1.54) is 6.20 Å². The van der Waals surface area contributed by atoms with Crippen LogP contribution in [0.2, 0.25) is 0 Å². The molecular formula is C12H21FN4. The molecule has 1 heterocycles. The summed E-state index contributed by atoms with van der Waals surface area (Å²) in [5, 5.41) is 2.81. The monoisotopic (exact) mass is 240 g/mol. The average Bonchev–Trinajstić information content (AvgIpc) is 2.28. The van der Waals surface area contributed by atoms with Gasteiger partial charge in [-0.3, -0.25) is 0 Å². The highest BCUT2D eigenvalue weighted by Crippen LogP contribution is 2.20. The van der Waals surface area contributed by atoms with Gasteiger partial charge < -0.3 is 10.2 Å². The fraction of sp³-hybridized carbons (Fsp3) is 0.667. The summed E-state index contributed by atoms with van der Waals surface area (Å²) in [5.41, 5.74) is 0. The van der Waals surface area contributed by atoms with Gasteiger partial charge in [0.25, 0.3) is 0 Å². The summed E-state index contributed by atoms with van der Waals surface area (Å²) in [5.74, 6) is 0.964. The van der Waals surface area contributed by atoms with E-state index in [2.05, 4.69) is 36.1 Å². The Balaban J connectivity index is 2.90. The van der Waals surface area contributed by atoms with E-state index in [1.54, 1.807) is 7.05 Å². The molecule has 0 saturated heterocycles. The molecule has 1 aromatic rings. The number of hydrogen-bond donors (Lipinski definition) is 1. The van der Waals surface area contributed by atoms with Gasteiger partial charge in [-0.15, -0.1) is 0 Å². The Morgan fingerprint density at radius 1 is 1.41 bits per heavy atom. The molecule has 1 rings (SSSR count). The minimum atomic E-state index is -0.387. The molecule has 0 fully saturated rings. The number of nitrogens with one attached hydrogen (secondary N) is 1. The third-order valence-corrected chi connectivity index (χ3v) is 2.76. The SMILES string of the molecule is CNc1ncc(F)c(N(C)C(C)CC(C)C)n1. The summed E-state index contributed by atoms with van der Waals surface area (Å²) in [6.07, 6.45) is 2.20. The first kappa shape index (κ1) is 13.7. The number of aromatic nitrogens is 2. The highest BCUT2D eigenvalue weighted by molar-refractivity contribution is 5.43. The van der Waals surface area contributed by atoms with Crippen LogP contribution in [-0.4, -0.2) is 30.1 Å². The molecule has 0 spiro atoms. The minimum Gasteiger partial charge on any atom is -0.357 e. The molecule has 0 aromatic carbocycles. The molecule has 1 N–H and O–H groups in total. The maximum Gasteiger partial charge on any atom is 0.224 e. The molecule has 0 bridgehead atoms. The zero-order valence-corrected chi connectivity index (χ0v) is 11.2. The van der Waals surface area contributed by atoms with Gasteiger partial charge in [-0.2, -0.15) is 4.98 Å². The Bertz CT molecular complexity index is 368. The van der Waals surface area contributed by atoms with E-state index in [1.807, 2.05) is 11.9 Å². The van der Waals surface area contributed by atoms with Crippen LogP contribution in [0.15, 0.2) is 6.20 Å². The average molecular weight is 240 g/mol. The molecule has 0 aliphatic heterocycles. The lowest BCUT2D eigenvalue weighted by molar-refractivity contribution is 0.494. The van der Waals surface area contributed by atoms with Crippen molar-refractivity contribution >= 4 is 11.8 Å². The van der Waals surface area contributed by atoms with Gasteiger partial charge >= 0.3 is 0 Å². The fourth-order valence-electron chi connectivity index (χ4n) is 1.78. The molecule has 0 aliphatic rings. The summed E-state index contributed by atoms with van der Waals surface area (Å²) in [4.78, 5) is 9.84. The van der Waals surface area contributed by atoms with Gasteiger partial charge in [0.15, 0.2) is 11.6 Å². The van der Waals surface area contributed by atoms with Crippen LogP contribution in [0.4, 0.5) is 16.2 Å². The molecule has 0 amide bonds. The van der Waals surface area contributed by atoms with Crippen molar-refractivity contribution in [1.29, 1.82) is 0 Å². The number of halogens is 1. The van der Waals surface area contributed by atoms with E-state index in [0.717, 1.165) is 6.42 Å². The molecule has 5 heteroatoms. The van der Waals surface area contributed by atoms with Gasteiger partial charge in [0.05, 0.1) is 6.20 Å². The van der Waals surface area contributed by atoms with Crippen molar-refractivity contribution in [2.75, 3.05) is 24.3 Å². The van der Waals surface area contributed by atoms with Crippen molar-refractivity contribution in [2.45, 2.75) is 33.2 Å². The van der Waals surface area contributed by atoms with Crippen LogP contribution in [0, 0.1) is 11.7 Å². The predicted molar refractivity (Wildman–Crippen MR) is 68.9 cm³/mol. The van der Waals surface area contributed by atoms with E-state index in [-0.39, 0.29) is 11.9 Å². The van der Waals surface area contributed by atoms with Crippen molar-refractivity contribution in [3.63, 3.8) is 0 Å². The normalized spacial score (nSPS) is 12.6. The third-order valence-electron chi connectivity index (χ3n) is 2.76. The Morgan fingerprint density at radius 2 is 2.06 bits per heavy atom. The summed E-state index contributed by atoms with van der Waals surface area (Å²) >= 11 is 0. The van der Waals surface area contributed by atoms with Gasteiger partial charge in [0, 0.05) is 20.1 Å².